The number of rotatable bonds is 6. The zero-order valence-electron chi connectivity index (χ0n) is 13.0. The van der Waals surface area contributed by atoms with E-state index in [-0.39, 0.29) is 23.1 Å². The van der Waals surface area contributed by atoms with E-state index >= 15 is 0 Å². The van der Waals surface area contributed by atoms with E-state index in [9.17, 15) is 4.79 Å². The number of hydrogen-bond donors (Lipinski definition) is 1. The Hall–Kier alpha value is -1.00. The molecular formula is C17H26N2OS. The molecule has 1 aliphatic heterocycles. The van der Waals surface area contributed by atoms with Crippen LogP contribution >= 0.6 is 11.8 Å². The van der Waals surface area contributed by atoms with E-state index < -0.39 is 0 Å². The molecule has 0 radical (unpaired) electrons. The first-order valence-electron chi connectivity index (χ1n) is 7.84. The lowest BCUT2D eigenvalue weighted by Gasteiger charge is -2.20. The number of thioether (sulfide) groups is 1. The number of likely N-dealkylation sites (tertiary alicyclic amines) is 1. The molecule has 1 fully saturated rings. The van der Waals surface area contributed by atoms with Gasteiger partial charge in [0.15, 0.2) is 0 Å². The van der Waals surface area contributed by atoms with Crippen LogP contribution in [0.25, 0.3) is 0 Å². The van der Waals surface area contributed by atoms with E-state index in [0.29, 0.717) is 6.54 Å². The molecule has 1 saturated heterocycles. The fourth-order valence-corrected chi connectivity index (χ4v) is 3.90. The van der Waals surface area contributed by atoms with Crippen molar-refractivity contribution in [1.82, 2.24) is 4.90 Å². The van der Waals surface area contributed by atoms with Crippen LogP contribution in [0, 0.1) is 0 Å². The number of nitrogens with zero attached hydrogens (tertiary/aromatic N) is 1. The molecule has 3 nitrogen and oxygen atoms in total. The van der Waals surface area contributed by atoms with Gasteiger partial charge in [0.1, 0.15) is 0 Å². The monoisotopic (exact) mass is 306 g/mol. The van der Waals surface area contributed by atoms with Crippen molar-refractivity contribution in [2.24, 2.45) is 5.73 Å². The molecular weight excluding hydrogens is 280 g/mol. The summed E-state index contributed by atoms with van der Waals surface area (Å²) in [5.74, 6) is 1.57. The van der Waals surface area contributed by atoms with Crippen LogP contribution < -0.4 is 5.73 Å². The highest BCUT2D eigenvalue weighted by molar-refractivity contribution is 8.00. The molecule has 1 unspecified atom stereocenters. The molecule has 1 aromatic rings. The molecule has 2 rings (SSSR count). The molecule has 3 atom stereocenters. The summed E-state index contributed by atoms with van der Waals surface area (Å²) in [6.07, 6.45) is 2.35. The summed E-state index contributed by atoms with van der Waals surface area (Å²) >= 11 is 1.76. The molecule has 0 aliphatic carbocycles. The van der Waals surface area contributed by atoms with Crippen LogP contribution in [0.15, 0.2) is 30.3 Å². The van der Waals surface area contributed by atoms with Crippen molar-refractivity contribution < 1.29 is 4.79 Å². The Bertz CT molecular complexity index is 451. The van der Waals surface area contributed by atoms with Gasteiger partial charge in [0.05, 0.1) is 5.25 Å². The van der Waals surface area contributed by atoms with Gasteiger partial charge in [-0.1, -0.05) is 43.7 Å². The van der Waals surface area contributed by atoms with Crippen molar-refractivity contribution in [3.05, 3.63) is 35.9 Å². The van der Waals surface area contributed by atoms with Crippen LogP contribution in [0.1, 0.15) is 38.2 Å². The lowest BCUT2D eigenvalue weighted by Crippen LogP contribution is -2.36. The van der Waals surface area contributed by atoms with Gasteiger partial charge in [0, 0.05) is 25.0 Å². The number of nitrogens with two attached hydrogens (primary N) is 1. The summed E-state index contributed by atoms with van der Waals surface area (Å²) in [7, 11) is 0. The molecule has 1 heterocycles. The van der Waals surface area contributed by atoms with Gasteiger partial charge in [0.25, 0.3) is 0 Å². The van der Waals surface area contributed by atoms with Crippen molar-refractivity contribution in [1.29, 1.82) is 0 Å². The highest BCUT2D eigenvalue weighted by atomic mass is 32.2. The average Bonchev–Trinajstić information content (AvgIpc) is 2.89. The lowest BCUT2D eigenvalue weighted by molar-refractivity contribution is -0.129. The van der Waals surface area contributed by atoms with Gasteiger partial charge < -0.3 is 10.6 Å². The van der Waals surface area contributed by atoms with Gasteiger partial charge in [-0.25, -0.2) is 0 Å². The Morgan fingerprint density at radius 1 is 1.38 bits per heavy atom. The largest absolute Gasteiger partial charge is 0.339 e. The minimum absolute atomic E-state index is 0.0401. The molecule has 0 bridgehead atoms. The molecule has 0 aromatic heterocycles. The normalized spacial score (nSPS) is 23.3. The molecule has 0 saturated carbocycles. The van der Waals surface area contributed by atoms with E-state index in [2.05, 4.69) is 19.1 Å². The smallest absolute Gasteiger partial charge is 0.235 e. The van der Waals surface area contributed by atoms with Gasteiger partial charge in [-0.05, 0) is 24.7 Å². The van der Waals surface area contributed by atoms with E-state index in [1.807, 2.05) is 30.0 Å². The van der Waals surface area contributed by atoms with E-state index in [1.54, 1.807) is 11.8 Å². The zero-order valence-corrected chi connectivity index (χ0v) is 13.8. The van der Waals surface area contributed by atoms with E-state index in [4.69, 9.17) is 5.73 Å². The topological polar surface area (TPSA) is 46.3 Å². The predicted octanol–water partition coefficient (Wildman–Crippen LogP) is 2.86. The minimum atomic E-state index is 0.0401. The van der Waals surface area contributed by atoms with Crippen LogP contribution in [0.4, 0.5) is 0 Å². The summed E-state index contributed by atoms with van der Waals surface area (Å²) in [4.78, 5) is 14.5. The quantitative estimate of drug-likeness (QED) is 0.822. The maximum atomic E-state index is 12.5. The van der Waals surface area contributed by atoms with Crippen molar-refractivity contribution in [2.75, 3.05) is 18.8 Å². The zero-order chi connectivity index (χ0) is 15.2. The predicted molar refractivity (Wildman–Crippen MR) is 90.6 cm³/mol. The Morgan fingerprint density at radius 2 is 2.10 bits per heavy atom. The van der Waals surface area contributed by atoms with E-state index in [0.717, 1.165) is 12.3 Å². The van der Waals surface area contributed by atoms with Crippen molar-refractivity contribution in [2.45, 2.75) is 43.9 Å². The van der Waals surface area contributed by atoms with Crippen LogP contribution in [0.3, 0.4) is 0 Å². The summed E-state index contributed by atoms with van der Waals surface area (Å²) in [5, 5.41) is 0.0401. The van der Waals surface area contributed by atoms with Crippen LogP contribution in [-0.2, 0) is 4.79 Å². The Morgan fingerprint density at radius 3 is 2.76 bits per heavy atom. The number of benzene rings is 1. The third-order valence-corrected chi connectivity index (χ3v) is 5.34. The van der Waals surface area contributed by atoms with Crippen LogP contribution in [-0.4, -0.2) is 40.9 Å². The number of amides is 1. The summed E-state index contributed by atoms with van der Waals surface area (Å²) in [5.41, 5.74) is 7.50. The minimum Gasteiger partial charge on any atom is -0.339 e. The van der Waals surface area contributed by atoms with Gasteiger partial charge >= 0.3 is 0 Å². The molecule has 1 amide bonds. The van der Waals surface area contributed by atoms with Gasteiger partial charge in [-0.3, -0.25) is 4.79 Å². The summed E-state index contributed by atoms with van der Waals surface area (Å²) in [6.45, 7) is 5.63. The Kier molecular flexibility index (Phi) is 6.12. The van der Waals surface area contributed by atoms with Crippen LogP contribution in [0.5, 0.6) is 0 Å². The standard InChI is InChI=1S/C17H26N2OS/c1-3-4-10-21-13(2)17(20)19-11-15(16(18)12-19)14-8-6-5-7-9-14/h5-9,13,15-16H,3-4,10-12,18H2,1-2H3/t13?,15-,16+/m0/s1. The fourth-order valence-electron chi connectivity index (χ4n) is 2.79. The lowest BCUT2D eigenvalue weighted by atomic mass is 9.95. The van der Waals surface area contributed by atoms with Crippen molar-refractivity contribution >= 4 is 17.7 Å². The van der Waals surface area contributed by atoms with Crippen molar-refractivity contribution in [3.8, 4) is 0 Å². The third kappa shape index (κ3) is 4.24. The first kappa shape index (κ1) is 16.4. The third-order valence-electron chi connectivity index (χ3n) is 4.12. The average molecular weight is 306 g/mol. The molecule has 2 N–H and O–H groups in total. The molecule has 116 valence electrons. The first-order valence-corrected chi connectivity index (χ1v) is 8.89. The maximum absolute atomic E-state index is 12.5. The molecule has 1 aromatic carbocycles. The van der Waals surface area contributed by atoms with Gasteiger partial charge in [-0.15, -0.1) is 11.8 Å². The van der Waals surface area contributed by atoms with Gasteiger partial charge in [0.2, 0.25) is 5.91 Å². The number of carbonyl (C=O) groups excluding carboxylic acids is 1. The second-order valence-electron chi connectivity index (χ2n) is 5.79. The van der Waals surface area contributed by atoms with Crippen LogP contribution in [0.2, 0.25) is 0 Å². The molecule has 21 heavy (non-hydrogen) atoms. The van der Waals surface area contributed by atoms with Crippen molar-refractivity contribution in [3.63, 3.8) is 0 Å². The number of hydrogen-bond acceptors (Lipinski definition) is 3. The molecule has 0 spiro atoms. The Labute approximate surface area is 132 Å². The van der Waals surface area contributed by atoms with Gasteiger partial charge in [-0.2, -0.15) is 0 Å². The summed E-state index contributed by atoms with van der Waals surface area (Å²) in [6, 6.07) is 10.4. The second kappa shape index (κ2) is 7.85. The second-order valence-corrected chi connectivity index (χ2v) is 7.24. The first-order chi connectivity index (χ1) is 10.1. The molecule has 4 heteroatoms. The maximum Gasteiger partial charge on any atom is 0.235 e. The highest BCUT2D eigenvalue weighted by Crippen LogP contribution is 2.28. The fraction of sp³-hybridized carbons (Fsp3) is 0.588. The highest BCUT2D eigenvalue weighted by Gasteiger charge is 2.35. The van der Waals surface area contributed by atoms with E-state index in [1.165, 1.54) is 18.4 Å². The summed E-state index contributed by atoms with van der Waals surface area (Å²) < 4.78 is 0. The number of unbranched alkanes of at least 4 members (excludes halogenated alkanes) is 1. The Balaban J connectivity index is 1.92. The number of carbonyl (C=O) groups is 1. The SMILES string of the molecule is CCCCSC(C)C(=O)N1C[C@@H](N)[C@H](c2ccccc2)C1. The molecule has 1 aliphatic rings.